The molecule has 2 unspecified atom stereocenters. The van der Waals surface area contributed by atoms with E-state index in [2.05, 4.69) is 65.8 Å². The Kier molecular flexibility index (Phi) is 7.24. The van der Waals surface area contributed by atoms with Crippen molar-refractivity contribution in [2.45, 2.75) is 60.2 Å². The van der Waals surface area contributed by atoms with E-state index >= 15 is 0 Å². The van der Waals surface area contributed by atoms with Crippen LogP contribution in [-0.2, 0) is 4.74 Å². The van der Waals surface area contributed by atoms with Crippen molar-refractivity contribution in [3.8, 4) is 5.75 Å². The molecule has 0 saturated carbocycles. The van der Waals surface area contributed by atoms with Crippen LogP contribution in [0.25, 0.3) is 0 Å². The fraction of sp³-hybridized carbons (Fsp3) is 0.684. The Bertz CT molecular complexity index is 393. The predicted octanol–water partition coefficient (Wildman–Crippen LogP) is 5.48. The summed E-state index contributed by atoms with van der Waals surface area (Å²) in [6, 6.07) is 8.55. The van der Waals surface area contributed by atoms with Gasteiger partial charge in [0.25, 0.3) is 0 Å². The molecule has 0 bridgehead atoms. The molecule has 0 radical (unpaired) electrons. The van der Waals surface area contributed by atoms with E-state index in [1.165, 1.54) is 12.0 Å². The Labute approximate surface area is 130 Å². The first-order chi connectivity index (χ1) is 9.85. The van der Waals surface area contributed by atoms with Crippen molar-refractivity contribution < 1.29 is 9.47 Å². The molecular weight excluding hydrogens is 260 g/mol. The maximum Gasteiger partial charge on any atom is 0.201 e. The van der Waals surface area contributed by atoms with Crippen LogP contribution in [0, 0.1) is 17.8 Å². The Morgan fingerprint density at radius 1 is 0.857 bits per heavy atom. The van der Waals surface area contributed by atoms with E-state index in [1.54, 1.807) is 7.11 Å². The molecule has 0 aliphatic rings. The van der Waals surface area contributed by atoms with Gasteiger partial charge in [0.15, 0.2) is 0 Å². The molecule has 21 heavy (non-hydrogen) atoms. The Hall–Kier alpha value is -1.02. The van der Waals surface area contributed by atoms with Gasteiger partial charge in [-0.15, -0.1) is 0 Å². The molecule has 0 heterocycles. The number of hydrogen-bond acceptors (Lipinski definition) is 2. The third kappa shape index (κ3) is 5.70. The average molecular weight is 292 g/mol. The summed E-state index contributed by atoms with van der Waals surface area (Å²) in [6.45, 7) is 13.4. The highest BCUT2D eigenvalue weighted by Crippen LogP contribution is 2.32. The SMILES string of the molecule is COC(Oc1ccc(C(CC(C)C)C(C)C)cc1)C(C)C. The molecule has 2 atom stereocenters. The van der Waals surface area contributed by atoms with Crippen LogP contribution in [0.3, 0.4) is 0 Å². The predicted molar refractivity (Wildman–Crippen MR) is 89.7 cm³/mol. The lowest BCUT2D eigenvalue weighted by atomic mass is 9.82. The third-order valence-electron chi connectivity index (χ3n) is 3.87. The van der Waals surface area contributed by atoms with Crippen molar-refractivity contribution in [1.82, 2.24) is 0 Å². The first kappa shape index (κ1) is 18.0. The van der Waals surface area contributed by atoms with Gasteiger partial charge in [-0.2, -0.15) is 0 Å². The highest BCUT2D eigenvalue weighted by Gasteiger charge is 2.18. The van der Waals surface area contributed by atoms with E-state index in [-0.39, 0.29) is 6.29 Å². The first-order valence-electron chi connectivity index (χ1n) is 8.14. The van der Waals surface area contributed by atoms with Gasteiger partial charge in [0.2, 0.25) is 6.29 Å². The first-order valence-corrected chi connectivity index (χ1v) is 8.14. The molecule has 0 spiro atoms. The maximum absolute atomic E-state index is 5.88. The lowest BCUT2D eigenvalue weighted by molar-refractivity contribution is -0.0833. The van der Waals surface area contributed by atoms with Crippen LogP contribution in [0.2, 0.25) is 0 Å². The summed E-state index contributed by atoms with van der Waals surface area (Å²) in [5.74, 6) is 3.20. The van der Waals surface area contributed by atoms with Crippen LogP contribution in [0.5, 0.6) is 5.75 Å². The van der Waals surface area contributed by atoms with Gasteiger partial charge in [-0.25, -0.2) is 0 Å². The molecule has 0 aliphatic carbocycles. The van der Waals surface area contributed by atoms with Crippen LogP contribution in [-0.4, -0.2) is 13.4 Å². The van der Waals surface area contributed by atoms with Crippen LogP contribution >= 0.6 is 0 Å². The summed E-state index contributed by atoms with van der Waals surface area (Å²) < 4.78 is 11.2. The largest absolute Gasteiger partial charge is 0.465 e. The van der Waals surface area contributed by atoms with Gasteiger partial charge in [0, 0.05) is 13.0 Å². The van der Waals surface area contributed by atoms with Crippen LogP contribution in [0.4, 0.5) is 0 Å². The molecular formula is C19H32O2. The molecule has 0 fully saturated rings. The molecule has 2 heteroatoms. The molecule has 0 aliphatic heterocycles. The molecule has 0 N–H and O–H groups in total. The summed E-state index contributed by atoms with van der Waals surface area (Å²) in [6.07, 6.45) is 1.04. The minimum atomic E-state index is -0.188. The summed E-state index contributed by atoms with van der Waals surface area (Å²) in [5, 5.41) is 0. The monoisotopic (exact) mass is 292 g/mol. The van der Waals surface area contributed by atoms with Crippen LogP contribution in [0.15, 0.2) is 24.3 Å². The second-order valence-corrected chi connectivity index (χ2v) is 7.02. The molecule has 0 amide bonds. The van der Waals surface area contributed by atoms with Gasteiger partial charge < -0.3 is 9.47 Å². The molecule has 0 aromatic heterocycles. The number of hydrogen-bond donors (Lipinski definition) is 0. The second kappa shape index (κ2) is 8.43. The van der Waals surface area contributed by atoms with Crippen LogP contribution < -0.4 is 4.74 Å². The maximum atomic E-state index is 5.88. The summed E-state index contributed by atoms with van der Waals surface area (Å²) >= 11 is 0. The quantitative estimate of drug-likeness (QED) is 0.591. The number of methoxy groups -OCH3 is 1. The highest BCUT2D eigenvalue weighted by atomic mass is 16.7. The lowest BCUT2D eigenvalue weighted by Gasteiger charge is -2.24. The van der Waals surface area contributed by atoms with Gasteiger partial charge in [0.05, 0.1) is 0 Å². The van der Waals surface area contributed by atoms with Crippen molar-refractivity contribution in [3.05, 3.63) is 29.8 Å². The summed E-state index contributed by atoms with van der Waals surface area (Å²) in [7, 11) is 1.69. The molecule has 1 rings (SSSR count). The fourth-order valence-electron chi connectivity index (χ4n) is 2.69. The van der Waals surface area contributed by atoms with E-state index in [0.29, 0.717) is 23.7 Å². The zero-order valence-corrected chi connectivity index (χ0v) is 14.7. The number of rotatable bonds is 8. The molecule has 2 nitrogen and oxygen atoms in total. The molecule has 0 saturated heterocycles. The zero-order chi connectivity index (χ0) is 16.0. The lowest BCUT2D eigenvalue weighted by Crippen LogP contribution is -2.25. The van der Waals surface area contributed by atoms with Crippen molar-refractivity contribution in [1.29, 1.82) is 0 Å². The molecule has 1 aromatic carbocycles. The van der Waals surface area contributed by atoms with Gasteiger partial charge in [-0.05, 0) is 41.9 Å². The van der Waals surface area contributed by atoms with Crippen molar-refractivity contribution in [3.63, 3.8) is 0 Å². The average Bonchev–Trinajstić information content (AvgIpc) is 2.42. The normalized spacial score (nSPS) is 14.8. The van der Waals surface area contributed by atoms with E-state index < -0.39 is 0 Å². The molecule has 1 aromatic rings. The zero-order valence-electron chi connectivity index (χ0n) is 14.7. The Morgan fingerprint density at radius 2 is 1.43 bits per heavy atom. The van der Waals surface area contributed by atoms with Gasteiger partial charge in [0.1, 0.15) is 5.75 Å². The van der Waals surface area contributed by atoms with Crippen molar-refractivity contribution >= 4 is 0 Å². The Morgan fingerprint density at radius 3 is 1.81 bits per heavy atom. The second-order valence-electron chi connectivity index (χ2n) is 7.02. The third-order valence-corrected chi connectivity index (χ3v) is 3.87. The highest BCUT2D eigenvalue weighted by molar-refractivity contribution is 5.30. The van der Waals surface area contributed by atoms with Crippen LogP contribution in [0.1, 0.15) is 59.4 Å². The fourth-order valence-corrected chi connectivity index (χ4v) is 2.69. The van der Waals surface area contributed by atoms with Crippen molar-refractivity contribution in [2.24, 2.45) is 17.8 Å². The minimum absolute atomic E-state index is 0.188. The van der Waals surface area contributed by atoms with Crippen molar-refractivity contribution in [2.75, 3.05) is 7.11 Å². The summed E-state index contributed by atoms with van der Waals surface area (Å²) in [5.41, 5.74) is 1.41. The Balaban J connectivity index is 2.80. The number of benzene rings is 1. The van der Waals surface area contributed by atoms with Gasteiger partial charge >= 0.3 is 0 Å². The van der Waals surface area contributed by atoms with E-state index in [1.807, 2.05) is 0 Å². The van der Waals surface area contributed by atoms with E-state index in [9.17, 15) is 0 Å². The topological polar surface area (TPSA) is 18.5 Å². The smallest absolute Gasteiger partial charge is 0.201 e. The summed E-state index contributed by atoms with van der Waals surface area (Å²) in [4.78, 5) is 0. The standard InChI is InChI=1S/C19H32O2/c1-13(2)12-18(14(3)4)16-8-10-17(11-9-16)21-19(20-7)15(5)6/h8-11,13-15,18-19H,12H2,1-7H3. The van der Waals surface area contributed by atoms with Gasteiger partial charge in [-0.3, -0.25) is 0 Å². The molecule has 120 valence electrons. The van der Waals surface area contributed by atoms with Gasteiger partial charge in [-0.1, -0.05) is 53.7 Å². The van der Waals surface area contributed by atoms with E-state index in [4.69, 9.17) is 9.47 Å². The van der Waals surface area contributed by atoms with E-state index in [0.717, 1.165) is 5.75 Å². The minimum Gasteiger partial charge on any atom is -0.465 e. The number of ether oxygens (including phenoxy) is 2.